The van der Waals surface area contributed by atoms with Gasteiger partial charge in [0.1, 0.15) is 20.4 Å². The van der Waals surface area contributed by atoms with Crippen molar-refractivity contribution in [1.82, 2.24) is 9.47 Å². The van der Waals surface area contributed by atoms with Crippen LogP contribution in [0.25, 0.3) is 15.3 Å². The largest absolute Gasteiger partial charge is 0.481 e. The summed E-state index contributed by atoms with van der Waals surface area (Å²) in [5, 5.41) is 19.7. The van der Waals surface area contributed by atoms with Gasteiger partial charge in [-0.25, -0.2) is 4.85 Å². The van der Waals surface area contributed by atoms with Crippen LogP contribution in [0.1, 0.15) is 26.7 Å². The fourth-order valence-corrected chi connectivity index (χ4v) is 7.99. The minimum atomic E-state index is -1.26. The molecule has 1 aromatic carbocycles. The zero-order valence-electron chi connectivity index (χ0n) is 20.8. The quantitative estimate of drug-likeness (QED) is 0.344. The highest BCUT2D eigenvalue weighted by atomic mass is 32.2. The first-order valence-corrected chi connectivity index (χ1v) is 14.6. The average Bonchev–Trinajstić information content (AvgIpc) is 3.50. The number of thioether (sulfide) groups is 2. The van der Waals surface area contributed by atoms with Crippen molar-refractivity contribution in [2.45, 2.75) is 38.1 Å². The number of carboxylic acid groups (broad SMARTS) is 2. The summed E-state index contributed by atoms with van der Waals surface area (Å²) in [5.74, 6) is -2.71. The molecule has 0 bridgehead atoms. The number of thiazole rings is 1. The van der Waals surface area contributed by atoms with Crippen LogP contribution in [0, 0.1) is 6.57 Å². The van der Waals surface area contributed by atoms with Crippen molar-refractivity contribution >= 4 is 91.1 Å². The number of fused-ring (bicyclic) bond motifs is 1. The van der Waals surface area contributed by atoms with E-state index in [0.29, 0.717) is 28.7 Å². The van der Waals surface area contributed by atoms with Crippen LogP contribution < -0.4 is 19.7 Å². The third-order valence-corrected chi connectivity index (χ3v) is 9.83. The van der Waals surface area contributed by atoms with E-state index in [1.165, 1.54) is 16.7 Å². The molecule has 0 atom stereocenters. The van der Waals surface area contributed by atoms with Gasteiger partial charge < -0.3 is 15.1 Å². The third kappa shape index (κ3) is 5.67. The summed E-state index contributed by atoms with van der Waals surface area (Å²) in [4.78, 5) is 57.7. The van der Waals surface area contributed by atoms with Gasteiger partial charge in [0, 0.05) is 30.1 Å². The predicted octanol–water partition coefficient (Wildman–Crippen LogP) is 3.02. The fourth-order valence-electron chi connectivity index (χ4n) is 4.09. The van der Waals surface area contributed by atoms with Crippen LogP contribution in [0.5, 0.6) is 0 Å². The molecule has 4 rings (SSSR count). The Labute approximate surface area is 240 Å². The van der Waals surface area contributed by atoms with Crippen LogP contribution in [-0.2, 0) is 20.9 Å². The number of carboxylic acids is 2. The summed E-state index contributed by atoms with van der Waals surface area (Å²) < 4.78 is 1.70. The molecule has 0 aliphatic carbocycles. The second-order valence-electron chi connectivity index (χ2n) is 8.28. The summed E-state index contributed by atoms with van der Waals surface area (Å²) in [6.07, 6.45) is 1.50. The maximum Gasteiger partial charge on any atom is 0.323 e. The summed E-state index contributed by atoms with van der Waals surface area (Å²) in [5.41, 5.74) is 1.13. The Hall–Kier alpha value is -3.38. The molecule has 3 heterocycles. The monoisotopic (exact) mass is 602 g/mol. The maximum atomic E-state index is 13.6. The summed E-state index contributed by atoms with van der Waals surface area (Å²) >= 11 is 8.71. The van der Waals surface area contributed by atoms with E-state index in [2.05, 4.69) is 4.85 Å². The van der Waals surface area contributed by atoms with Crippen LogP contribution in [-0.4, -0.2) is 54.9 Å². The van der Waals surface area contributed by atoms with Gasteiger partial charge in [-0.2, -0.15) is 0 Å². The van der Waals surface area contributed by atoms with Crippen molar-refractivity contribution in [2.24, 2.45) is 0 Å². The molecule has 2 aliphatic heterocycles. The smallest absolute Gasteiger partial charge is 0.323 e. The van der Waals surface area contributed by atoms with Gasteiger partial charge in [-0.1, -0.05) is 47.9 Å². The number of thiocarbonyl (C=S) groups is 1. The van der Waals surface area contributed by atoms with E-state index in [0.717, 1.165) is 43.3 Å². The van der Waals surface area contributed by atoms with Crippen LogP contribution in [0.15, 0.2) is 39.0 Å². The van der Waals surface area contributed by atoms with Gasteiger partial charge in [0.2, 0.25) is 0 Å². The number of nitrogens with zero attached hydrogens (tertiary/aromatic N) is 4. The van der Waals surface area contributed by atoms with Gasteiger partial charge in [-0.05, 0) is 38.0 Å². The molecule has 0 saturated carbocycles. The molecule has 14 heteroatoms. The number of allylic oxidation sites excluding steroid dienone is 1. The van der Waals surface area contributed by atoms with Gasteiger partial charge in [-0.15, -0.1) is 11.3 Å². The molecule has 2 aromatic rings. The second kappa shape index (κ2) is 11.8. The number of carbonyl (C=O) groups excluding carboxylic acids is 1. The van der Waals surface area contributed by atoms with Crippen LogP contribution in [0.4, 0.5) is 11.4 Å². The predicted molar refractivity (Wildman–Crippen MR) is 156 cm³/mol. The lowest BCUT2D eigenvalue weighted by Crippen LogP contribution is -2.36. The Morgan fingerprint density at radius 3 is 2.38 bits per heavy atom. The Balaban J connectivity index is 1.98. The van der Waals surface area contributed by atoms with Gasteiger partial charge in [-0.3, -0.25) is 28.6 Å². The fraction of sp³-hybridized carbons (Fsp3) is 0.280. The van der Waals surface area contributed by atoms with Crippen molar-refractivity contribution in [3.8, 4) is 0 Å². The highest BCUT2D eigenvalue weighted by Crippen LogP contribution is 2.47. The Morgan fingerprint density at radius 2 is 1.79 bits per heavy atom. The number of rotatable bonds is 8. The van der Waals surface area contributed by atoms with Crippen LogP contribution >= 0.6 is 47.1 Å². The van der Waals surface area contributed by atoms with Gasteiger partial charge >= 0.3 is 11.9 Å². The zero-order valence-corrected chi connectivity index (χ0v) is 24.1. The van der Waals surface area contributed by atoms with E-state index in [1.807, 2.05) is 17.9 Å². The number of hydrogen-bond acceptors (Lipinski definition) is 9. The zero-order chi connectivity index (χ0) is 28.4. The molecule has 0 radical (unpaired) electrons. The molecule has 2 N–H and O–H groups in total. The molecule has 2 aliphatic rings. The van der Waals surface area contributed by atoms with E-state index < -0.39 is 29.9 Å². The van der Waals surface area contributed by atoms with E-state index in [9.17, 15) is 29.4 Å². The number of hydrogen-bond donors (Lipinski definition) is 2. The van der Waals surface area contributed by atoms with Gasteiger partial charge in [0.05, 0.1) is 16.1 Å². The molecule has 10 nitrogen and oxygen atoms in total. The molecule has 1 saturated heterocycles. The first kappa shape index (κ1) is 28.6. The normalized spacial score (nSPS) is 18.0. The maximum absolute atomic E-state index is 13.6. The summed E-state index contributed by atoms with van der Waals surface area (Å²) in [6.45, 7) is 11.3. The Kier molecular flexibility index (Phi) is 8.65. The minimum Gasteiger partial charge on any atom is -0.481 e. The van der Waals surface area contributed by atoms with Crippen molar-refractivity contribution in [1.29, 1.82) is 0 Å². The average molecular weight is 603 g/mol. The first-order valence-electron chi connectivity index (χ1n) is 11.7. The molecule has 0 unspecified atom stereocenters. The van der Waals surface area contributed by atoms with Gasteiger partial charge in [0.25, 0.3) is 11.5 Å². The number of carbonyl (C=O) groups is 3. The highest BCUT2D eigenvalue weighted by molar-refractivity contribution is 8.30. The van der Waals surface area contributed by atoms with E-state index in [1.54, 1.807) is 25.1 Å². The second-order valence-corrected chi connectivity index (χ2v) is 12.0. The number of aliphatic carboxylic acids is 2. The lowest BCUT2D eigenvalue weighted by molar-refractivity contribution is -0.138. The molecule has 0 spiro atoms. The van der Waals surface area contributed by atoms with Crippen molar-refractivity contribution in [2.75, 3.05) is 18.0 Å². The number of benzene rings is 1. The number of aromatic nitrogens is 1. The molecular formula is C25H22N4O6S4. The van der Waals surface area contributed by atoms with E-state index in [4.69, 9.17) is 18.8 Å². The Morgan fingerprint density at radius 1 is 1.08 bits per heavy atom. The molecule has 1 amide bonds. The van der Waals surface area contributed by atoms with Crippen molar-refractivity contribution in [3.05, 3.63) is 60.3 Å². The lowest BCUT2D eigenvalue weighted by atomic mass is 10.1. The van der Waals surface area contributed by atoms with E-state index >= 15 is 0 Å². The SMILES string of the molecule is [C-]#[N+]c1ccc2c(c1)N(CC)/C(=C/C(CCC(=O)O)=c1/s/c(=C3\SC(=S)N(CC)C3=O)n(CC(=O)O)c1=O)S2. The lowest BCUT2D eigenvalue weighted by Gasteiger charge is -2.18. The molecule has 202 valence electrons. The number of anilines is 1. The van der Waals surface area contributed by atoms with E-state index in [-0.39, 0.29) is 26.9 Å². The standard InChI is InChI=1S/C25H22N4O6S4/c1-4-27-15-11-14(26-3)7-8-16(15)37-17(27)10-13(6-9-18(30)31)20-22(34)29(12-19(32)33)24(38-20)21-23(35)28(5-2)25(36)39-21/h7-8,10-11H,4-6,9,12H2,1-2H3,(H,30,31)(H,32,33)/b17-10-,20-13+,24-21-. The molecule has 1 fully saturated rings. The highest BCUT2D eigenvalue weighted by Gasteiger charge is 2.33. The topological polar surface area (TPSA) is 125 Å². The molecule has 1 aromatic heterocycles. The van der Waals surface area contributed by atoms with Crippen molar-refractivity contribution in [3.63, 3.8) is 0 Å². The van der Waals surface area contributed by atoms with Crippen molar-refractivity contribution < 1.29 is 24.6 Å². The first-order chi connectivity index (χ1) is 18.6. The third-order valence-electron chi connectivity index (χ3n) is 5.89. The molecule has 39 heavy (non-hydrogen) atoms. The Bertz CT molecular complexity index is 1670. The van der Waals surface area contributed by atoms with Gasteiger partial charge in [0.15, 0.2) is 5.69 Å². The van der Waals surface area contributed by atoms with Crippen LogP contribution in [0.3, 0.4) is 0 Å². The summed E-state index contributed by atoms with van der Waals surface area (Å²) in [6, 6.07) is 5.35. The molecular weight excluding hydrogens is 581 g/mol. The van der Waals surface area contributed by atoms with Crippen LogP contribution in [0.2, 0.25) is 0 Å². The minimum absolute atomic E-state index is 0.0127. The number of amides is 1. The summed E-state index contributed by atoms with van der Waals surface area (Å²) in [7, 11) is 0.